The number of methoxy groups -OCH3 is 1. The zero-order valence-corrected chi connectivity index (χ0v) is 16.7. The number of nitrogens with zero attached hydrogens (tertiary/aromatic N) is 5. The second-order valence-corrected chi connectivity index (χ2v) is 7.20. The van der Waals surface area contributed by atoms with E-state index < -0.39 is 5.82 Å². The Morgan fingerprint density at radius 3 is 2.72 bits per heavy atom. The van der Waals surface area contributed by atoms with Gasteiger partial charge in [-0.05, 0) is 29.8 Å². The summed E-state index contributed by atoms with van der Waals surface area (Å²) >= 11 is 0. The molecule has 9 nitrogen and oxygen atoms in total. The number of nitrogens with one attached hydrogen (secondary N) is 3. The summed E-state index contributed by atoms with van der Waals surface area (Å²) in [7, 11) is 1.50. The summed E-state index contributed by atoms with van der Waals surface area (Å²) in [5, 5.41) is 14.2. The van der Waals surface area contributed by atoms with Gasteiger partial charge in [0, 0.05) is 29.6 Å². The van der Waals surface area contributed by atoms with Crippen molar-refractivity contribution in [3.05, 3.63) is 60.9 Å². The topological polar surface area (TPSA) is 121 Å². The number of halogens is 1. The molecule has 0 atom stereocenters. The highest BCUT2D eigenvalue weighted by Crippen LogP contribution is 2.32. The van der Waals surface area contributed by atoms with Crippen LogP contribution in [0.4, 0.5) is 4.39 Å². The lowest BCUT2D eigenvalue weighted by molar-refractivity contribution is 0.411. The van der Waals surface area contributed by atoms with Crippen LogP contribution in [0.5, 0.6) is 5.75 Å². The van der Waals surface area contributed by atoms with Crippen molar-refractivity contribution in [3.8, 4) is 39.7 Å². The van der Waals surface area contributed by atoms with E-state index in [0.29, 0.717) is 44.9 Å². The summed E-state index contributed by atoms with van der Waals surface area (Å²) in [5.74, 6) is 0.545. The molecule has 0 amide bonds. The van der Waals surface area contributed by atoms with E-state index in [1.54, 1.807) is 30.9 Å². The fourth-order valence-corrected chi connectivity index (χ4v) is 3.71. The first-order valence-corrected chi connectivity index (χ1v) is 9.73. The molecule has 5 heterocycles. The Bertz CT molecular complexity index is 1580. The number of aromatic nitrogens is 8. The van der Waals surface area contributed by atoms with E-state index in [0.717, 1.165) is 16.8 Å². The van der Waals surface area contributed by atoms with Crippen molar-refractivity contribution >= 4 is 22.1 Å². The highest BCUT2D eigenvalue weighted by Gasteiger charge is 2.18. The highest BCUT2D eigenvalue weighted by atomic mass is 19.1. The number of imidazole rings is 1. The maximum Gasteiger partial charge on any atom is 0.161 e. The van der Waals surface area contributed by atoms with Crippen LogP contribution in [0.3, 0.4) is 0 Å². The van der Waals surface area contributed by atoms with Crippen molar-refractivity contribution in [1.82, 2.24) is 40.3 Å². The van der Waals surface area contributed by atoms with Crippen LogP contribution >= 0.6 is 0 Å². The molecule has 0 bridgehead atoms. The van der Waals surface area contributed by atoms with Crippen LogP contribution in [0.1, 0.15) is 0 Å². The zero-order chi connectivity index (χ0) is 21.7. The number of H-pyrrole nitrogens is 3. The molecule has 0 saturated carbocycles. The Morgan fingerprint density at radius 2 is 1.88 bits per heavy atom. The average Bonchev–Trinajstić information content (AvgIpc) is 3.56. The summed E-state index contributed by atoms with van der Waals surface area (Å²) in [6.07, 6.45) is 6.81. The molecular weight excluding hydrogens is 411 g/mol. The molecule has 6 rings (SSSR count). The quantitative estimate of drug-likeness (QED) is 0.390. The number of hydrogen-bond donors (Lipinski definition) is 3. The third-order valence-corrected chi connectivity index (χ3v) is 5.24. The van der Waals surface area contributed by atoms with Gasteiger partial charge in [0.25, 0.3) is 0 Å². The fourth-order valence-electron chi connectivity index (χ4n) is 3.71. The molecule has 32 heavy (non-hydrogen) atoms. The number of fused-ring (bicyclic) bond motifs is 2. The van der Waals surface area contributed by atoms with E-state index in [1.807, 2.05) is 12.1 Å². The Hall–Kier alpha value is -4.60. The van der Waals surface area contributed by atoms with Gasteiger partial charge in [0.2, 0.25) is 0 Å². The maximum absolute atomic E-state index is 14.1. The van der Waals surface area contributed by atoms with Crippen molar-refractivity contribution < 1.29 is 9.13 Å². The molecule has 5 aromatic heterocycles. The summed E-state index contributed by atoms with van der Waals surface area (Å²) in [5.41, 5.74) is 6.29. The van der Waals surface area contributed by atoms with Crippen LogP contribution in [-0.4, -0.2) is 47.4 Å². The number of pyridine rings is 2. The molecule has 6 aromatic rings. The Balaban J connectivity index is 1.51. The first-order chi connectivity index (χ1) is 15.7. The standard InChI is InChI=1S/C22H15FN8O/c1-32-14-5-11(4-13(23)6-14)15-9-24-10-18-19(15)29-22(28-18)21-20-17(30-31-21)3-2-16(27-20)12-7-25-26-8-12/h2-10H,1H3,(H,25,26)(H,28,29)(H,30,31). The van der Waals surface area contributed by atoms with Crippen LogP contribution in [0.25, 0.3) is 56.0 Å². The van der Waals surface area contributed by atoms with Crippen molar-refractivity contribution in [3.63, 3.8) is 0 Å². The molecule has 0 aliphatic rings. The summed E-state index contributed by atoms with van der Waals surface area (Å²) in [6.45, 7) is 0. The Labute approximate surface area is 179 Å². The maximum atomic E-state index is 14.1. The average molecular weight is 426 g/mol. The summed E-state index contributed by atoms with van der Waals surface area (Å²) < 4.78 is 19.3. The van der Waals surface area contributed by atoms with Gasteiger partial charge in [-0.15, -0.1) is 0 Å². The second kappa shape index (κ2) is 6.98. The van der Waals surface area contributed by atoms with Crippen molar-refractivity contribution in [2.45, 2.75) is 0 Å². The first-order valence-electron chi connectivity index (χ1n) is 9.73. The first kappa shape index (κ1) is 18.2. The van der Waals surface area contributed by atoms with Crippen LogP contribution in [0, 0.1) is 5.82 Å². The van der Waals surface area contributed by atoms with Crippen LogP contribution in [0.2, 0.25) is 0 Å². The molecule has 0 unspecified atom stereocenters. The predicted molar refractivity (Wildman–Crippen MR) is 116 cm³/mol. The molecule has 0 saturated heterocycles. The molecule has 0 radical (unpaired) electrons. The van der Waals surface area contributed by atoms with E-state index >= 15 is 0 Å². The van der Waals surface area contributed by atoms with Crippen LogP contribution in [-0.2, 0) is 0 Å². The van der Waals surface area contributed by atoms with Gasteiger partial charge in [-0.1, -0.05) is 0 Å². The van der Waals surface area contributed by atoms with Crippen molar-refractivity contribution in [2.24, 2.45) is 0 Å². The second-order valence-electron chi connectivity index (χ2n) is 7.20. The van der Waals surface area contributed by atoms with Gasteiger partial charge in [0.05, 0.1) is 41.7 Å². The van der Waals surface area contributed by atoms with Crippen LogP contribution in [0.15, 0.2) is 55.1 Å². The zero-order valence-electron chi connectivity index (χ0n) is 16.7. The van der Waals surface area contributed by atoms with Gasteiger partial charge in [0.15, 0.2) is 11.5 Å². The van der Waals surface area contributed by atoms with E-state index in [-0.39, 0.29) is 0 Å². The number of ether oxygens (including phenoxy) is 1. The summed E-state index contributed by atoms with van der Waals surface area (Å²) in [4.78, 5) is 17.1. The monoisotopic (exact) mass is 426 g/mol. The lowest BCUT2D eigenvalue weighted by atomic mass is 10.1. The van der Waals surface area contributed by atoms with Gasteiger partial charge in [-0.25, -0.2) is 14.4 Å². The molecule has 10 heteroatoms. The Morgan fingerprint density at radius 1 is 0.938 bits per heavy atom. The molecule has 0 fully saturated rings. The van der Waals surface area contributed by atoms with E-state index in [4.69, 9.17) is 14.7 Å². The minimum Gasteiger partial charge on any atom is -0.497 e. The smallest absolute Gasteiger partial charge is 0.161 e. The highest BCUT2D eigenvalue weighted by molar-refractivity contribution is 5.95. The molecule has 0 aliphatic carbocycles. The van der Waals surface area contributed by atoms with Crippen molar-refractivity contribution in [2.75, 3.05) is 7.11 Å². The number of rotatable bonds is 4. The third-order valence-electron chi connectivity index (χ3n) is 5.24. The lowest BCUT2D eigenvalue weighted by Gasteiger charge is -2.05. The Kier molecular flexibility index (Phi) is 3.97. The van der Waals surface area contributed by atoms with E-state index in [1.165, 1.54) is 19.2 Å². The molecule has 156 valence electrons. The molecule has 0 spiro atoms. The van der Waals surface area contributed by atoms with Gasteiger partial charge in [-0.2, -0.15) is 10.2 Å². The minimum atomic E-state index is -0.401. The predicted octanol–water partition coefficient (Wildman–Crippen LogP) is 4.10. The largest absolute Gasteiger partial charge is 0.497 e. The summed E-state index contributed by atoms with van der Waals surface area (Å²) in [6, 6.07) is 8.31. The van der Waals surface area contributed by atoms with E-state index in [2.05, 4.69) is 30.4 Å². The molecular formula is C22H15FN8O. The minimum absolute atomic E-state index is 0.401. The van der Waals surface area contributed by atoms with Gasteiger partial charge in [-0.3, -0.25) is 15.2 Å². The van der Waals surface area contributed by atoms with Gasteiger partial charge in [0.1, 0.15) is 17.1 Å². The fraction of sp³-hybridized carbons (Fsp3) is 0.0455. The number of benzene rings is 1. The molecule has 1 aromatic carbocycles. The van der Waals surface area contributed by atoms with Crippen LogP contribution < -0.4 is 4.74 Å². The van der Waals surface area contributed by atoms with E-state index in [9.17, 15) is 4.39 Å². The SMILES string of the molecule is COc1cc(F)cc(-c2cncc3[nH]c(-c4n[nH]c5ccc(-c6cn[nH]c6)nc45)nc23)c1. The van der Waals surface area contributed by atoms with Crippen molar-refractivity contribution in [1.29, 1.82) is 0 Å². The third kappa shape index (κ3) is 2.88. The number of hydrogen-bond acceptors (Lipinski definition) is 6. The number of aromatic amines is 3. The molecule has 0 aliphatic heterocycles. The normalized spacial score (nSPS) is 11.4. The molecule has 3 N–H and O–H groups in total. The van der Waals surface area contributed by atoms with Gasteiger partial charge < -0.3 is 9.72 Å². The lowest BCUT2D eigenvalue weighted by Crippen LogP contribution is -1.89. The van der Waals surface area contributed by atoms with Gasteiger partial charge >= 0.3 is 0 Å².